The zero-order valence-electron chi connectivity index (χ0n) is 9.10. The summed E-state index contributed by atoms with van der Waals surface area (Å²) < 4.78 is 65.3. The molecule has 4 bridgehead atoms. The Bertz CT molecular complexity index is 437. The Morgan fingerprint density at radius 1 is 0.722 bits per heavy atom. The Morgan fingerprint density at radius 2 is 1.17 bits per heavy atom. The van der Waals surface area contributed by atoms with E-state index in [4.69, 9.17) is 9.47 Å². The van der Waals surface area contributed by atoms with E-state index in [9.17, 15) is 17.6 Å². The zero-order valence-corrected chi connectivity index (χ0v) is 9.10. The molecule has 6 heteroatoms. The lowest BCUT2D eigenvalue weighted by molar-refractivity contribution is -0.358. The fourth-order valence-electron chi connectivity index (χ4n) is 4.81. The van der Waals surface area contributed by atoms with Gasteiger partial charge in [0.15, 0.2) is 0 Å². The molecule has 3 saturated heterocycles. The van der Waals surface area contributed by atoms with Crippen molar-refractivity contribution in [1.82, 2.24) is 0 Å². The highest BCUT2D eigenvalue weighted by Gasteiger charge is 2.89. The standard InChI is InChI=1S/C12H10F4O2/c13-11(14)7-8(12(11,15)16)10-6-4-2-1-3(17-4)5(6)9(7)18-10/h1-10H/t3-,4+,5-,6-,7+,8-,9-,10-/m1/s1. The van der Waals surface area contributed by atoms with E-state index in [1.54, 1.807) is 0 Å². The Morgan fingerprint density at radius 3 is 1.61 bits per heavy atom. The van der Waals surface area contributed by atoms with E-state index in [1.807, 2.05) is 12.2 Å². The molecule has 98 valence electrons. The van der Waals surface area contributed by atoms with Gasteiger partial charge < -0.3 is 9.47 Å². The maximum atomic E-state index is 13.5. The van der Waals surface area contributed by atoms with Crippen molar-refractivity contribution in [2.45, 2.75) is 36.3 Å². The molecule has 4 fully saturated rings. The van der Waals surface area contributed by atoms with E-state index in [0.29, 0.717) is 0 Å². The number of ether oxygens (including phenoxy) is 2. The van der Waals surface area contributed by atoms with E-state index in [1.165, 1.54) is 0 Å². The van der Waals surface area contributed by atoms with Gasteiger partial charge in [0.2, 0.25) is 0 Å². The average Bonchev–Trinajstić information content (AvgIpc) is 3.04. The van der Waals surface area contributed by atoms with E-state index in [-0.39, 0.29) is 24.0 Å². The number of hydrogen-bond acceptors (Lipinski definition) is 2. The van der Waals surface area contributed by atoms with Crippen molar-refractivity contribution >= 4 is 0 Å². The summed E-state index contributed by atoms with van der Waals surface area (Å²) in [4.78, 5) is 0. The third-order valence-electron chi connectivity index (χ3n) is 5.46. The minimum atomic E-state index is -3.92. The van der Waals surface area contributed by atoms with Crippen molar-refractivity contribution in [3.8, 4) is 0 Å². The second kappa shape index (κ2) is 2.50. The van der Waals surface area contributed by atoms with Crippen molar-refractivity contribution in [2.24, 2.45) is 23.7 Å². The smallest absolute Gasteiger partial charge is 0.316 e. The molecule has 5 aliphatic rings. The second-order valence-corrected chi connectivity index (χ2v) is 5.97. The first-order valence-corrected chi connectivity index (χ1v) is 6.19. The lowest BCUT2D eigenvalue weighted by Gasteiger charge is -2.53. The summed E-state index contributed by atoms with van der Waals surface area (Å²) in [7, 11) is 0. The molecular weight excluding hydrogens is 252 g/mol. The molecule has 0 aromatic carbocycles. The summed E-state index contributed by atoms with van der Waals surface area (Å²) in [5.74, 6) is -10.8. The Hall–Kier alpha value is -0.620. The molecule has 0 N–H and O–H groups in total. The molecule has 4 aliphatic heterocycles. The first kappa shape index (κ1) is 10.2. The van der Waals surface area contributed by atoms with Crippen LogP contribution in [0.1, 0.15) is 0 Å². The molecule has 1 aliphatic carbocycles. The fraction of sp³-hybridized carbons (Fsp3) is 0.833. The molecule has 18 heavy (non-hydrogen) atoms. The van der Waals surface area contributed by atoms with Gasteiger partial charge in [0.05, 0.1) is 36.3 Å². The van der Waals surface area contributed by atoms with Crippen LogP contribution in [0, 0.1) is 23.7 Å². The fourth-order valence-corrected chi connectivity index (χ4v) is 4.81. The number of halogens is 4. The van der Waals surface area contributed by atoms with Crippen LogP contribution in [0.5, 0.6) is 0 Å². The summed E-state index contributed by atoms with van der Waals surface area (Å²) in [5.41, 5.74) is 0. The molecule has 0 amide bonds. The minimum Gasteiger partial charge on any atom is -0.373 e. The molecule has 0 unspecified atom stereocenters. The second-order valence-electron chi connectivity index (χ2n) is 5.97. The van der Waals surface area contributed by atoms with Crippen LogP contribution in [0.15, 0.2) is 12.2 Å². The maximum absolute atomic E-state index is 13.5. The van der Waals surface area contributed by atoms with Crippen molar-refractivity contribution in [3.63, 3.8) is 0 Å². The van der Waals surface area contributed by atoms with Crippen LogP contribution in [-0.4, -0.2) is 36.3 Å². The van der Waals surface area contributed by atoms with Crippen molar-refractivity contribution in [3.05, 3.63) is 12.2 Å². The van der Waals surface area contributed by atoms with Crippen molar-refractivity contribution in [1.29, 1.82) is 0 Å². The zero-order chi connectivity index (χ0) is 12.4. The molecular formula is C12H10F4O2. The minimum absolute atomic E-state index is 0.159. The van der Waals surface area contributed by atoms with Crippen LogP contribution in [-0.2, 0) is 9.47 Å². The average molecular weight is 262 g/mol. The lowest BCUT2D eigenvalue weighted by Crippen LogP contribution is -2.72. The summed E-state index contributed by atoms with van der Waals surface area (Å²) in [6.07, 6.45) is 1.72. The highest BCUT2D eigenvalue weighted by atomic mass is 19.3. The van der Waals surface area contributed by atoms with E-state index >= 15 is 0 Å². The van der Waals surface area contributed by atoms with Gasteiger partial charge in [-0.2, -0.15) is 17.6 Å². The molecule has 2 nitrogen and oxygen atoms in total. The Labute approximate surface area is 99.9 Å². The molecule has 0 spiro atoms. The van der Waals surface area contributed by atoms with E-state index < -0.39 is 35.9 Å². The molecule has 0 aromatic rings. The van der Waals surface area contributed by atoms with Gasteiger partial charge in [0, 0.05) is 11.8 Å². The number of rotatable bonds is 0. The quantitative estimate of drug-likeness (QED) is 0.490. The van der Waals surface area contributed by atoms with Gasteiger partial charge in [-0.05, 0) is 0 Å². The summed E-state index contributed by atoms with van der Waals surface area (Å²) in [5, 5.41) is 0. The molecule has 1 saturated carbocycles. The van der Waals surface area contributed by atoms with Crippen LogP contribution in [0.4, 0.5) is 17.6 Å². The summed E-state index contributed by atoms with van der Waals surface area (Å²) in [6, 6.07) is 0. The summed E-state index contributed by atoms with van der Waals surface area (Å²) in [6.45, 7) is 0. The van der Waals surface area contributed by atoms with Gasteiger partial charge in [0.1, 0.15) is 0 Å². The molecule has 8 atom stereocenters. The molecule has 5 rings (SSSR count). The predicted molar refractivity (Wildman–Crippen MR) is 50.3 cm³/mol. The number of hydrogen-bond donors (Lipinski definition) is 0. The van der Waals surface area contributed by atoms with Crippen LogP contribution < -0.4 is 0 Å². The van der Waals surface area contributed by atoms with Gasteiger partial charge in [-0.1, -0.05) is 12.2 Å². The van der Waals surface area contributed by atoms with Gasteiger partial charge in [-0.15, -0.1) is 0 Å². The third kappa shape index (κ3) is 0.744. The van der Waals surface area contributed by atoms with Crippen LogP contribution in [0.2, 0.25) is 0 Å². The predicted octanol–water partition coefficient (Wildman–Crippen LogP) is 1.85. The van der Waals surface area contributed by atoms with Gasteiger partial charge in [-0.3, -0.25) is 0 Å². The SMILES string of the molecule is FC1(F)[C@@H]2[C@@H]3O[C@H]([C@H]4[C@H]3[C@H]3C=C[C@@H]4O3)[C@@H]2C1(F)F. The van der Waals surface area contributed by atoms with Crippen LogP contribution in [0.3, 0.4) is 0 Å². The number of alkyl halides is 4. The molecule has 0 aromatic heterocycles. The van der Waals surface area contributed by atoms with Gasteiger partial charge in [-0.25, -0.2) is 0 Å². The first-order chi connectivity index (χ1) is 8.44. The molecule has 4 heterocycles. The summed E-state index contributed by atoms with van der Waals surface area (Å²) >= 11 is 0. The highest BCUT2D eigenvalue weighted by Crippen LogP contribution is 2.73. The van der Waals surface area contributed by atoms with Gasteiger partial charge >= 0.3 is 11.8 Å². The number of fused-ring (bicyclic) bond motifs is 12. The van der Waals surface area contributed by atoms with Crippen LogP contribution >= 0.6 is 0 Å². The first-order valence-electron chi connectivity index (χ1n) is 6.19. The van der Waals surface area contributed by atoms with Crippen LogP contribution in [0.25, 0.3) is 0 Å². The maximum Gasteiger partial charge on any atom is 0.316 e. The monoisotopic (exact) mass is 262 g/mol. The van der Waals surface area contributed by atoms with E-state index in [0.717, 1.165) is 0 Å². The normalized spacial score (nSPS) is 63.8. The topological polar surface area (TPSA) is 18.5 Å². The Balaban J connectivity index is 1.61. The van der Waals surface area contributed by atoms with Crippen molar-refractivity contribution in [2.75, 3.05) is 0 Å². The highest BCUT2D eigenvalue weighted by molar-refractivity contribution is 5.30. The molecule has 0 radical (unpaired) electrons. The van der Waals surface area contributed by atoms with E-state index in [2.05, 4.69) is 0 Å². The third-order valence-corrected chi connectivity index (χ3v) is 5.46. The largest absolute Gasteiger partial charge is 0.373 e. The lowest BCUT2D eigenvalue weighted by atomic mass is 9.53. The van der Waals surface area contributed by atoms with Gasteiger partial charge in [0.25, 0.3) is 0 Å². The van der Waals surface area contributed by atoms with Crippen molar-refractivity contribution < 1.29 is 27.0 Å². The Kier molecular flexibility index (Phi) is 1.42.